The number of hydrogen-bond acceptors (Lipinski definition) is 2. The lowest BCUT2D eigenvalue weighted by Gasteiger charge is -2.06. The van der Waals surface area contributed by atoms with Gasteiger partial charge in [0.25, 0.3) is 0 Å². The number of rotatable bonds is 2. The number of nitrogens with zero attached hydrogens (tertiary/aromatic N) is 1. The van der Waals surface area contributed by atoms with Crippen LogP contribution in [0, 0.1) is 5.82 Å². The van der Waals surface area contributed by atoms with Gasteiger partial charge in [-0.2, -0.15) is 5.10 Å². The maximum absolute atomic E-state index is 13.3. The minimum Gasteiger partial charge on any atom is -0.382 e. The Morgan fingerprint density at radius 2 is 1.95 bits per heavy atom. The van der Waals surface area contributed by atoms with Crippen LogP contribution in [0.3, 0.4) is 0 Å². The van der Waals surface area contributed by atoms with Crippen molar-refractivity contribution < 1.29 is 4.39 Å². The van der Waals surface area contributed by atoms with Gasteiger partial charge in [0.2, 0.25) is 0 Å². The van der Waals surface area contributed by atoms with Gasteiger partial charge in [0.15, 0.2) is 5.82 Å². The van der Waals surface area contributed by atoms with Gasteiger partial charge in [-0.15, -0.1) is 0 Å². The second kappa shape index (κ2) is 5.50. The molecule has 0 amide bonds. The quantitative estimate of drug-likeness (QED) is 0.679. The van der Waals surface area contributed by atoms with Crippen molar-refractivity contribution in [1.29, 1.82) is 0 Å². The zero-order valence-corrected chi connectivity index (χ0v) is 13.0. The number of aromatic nitrogens is 2. The van der Waals surface area contributed by atoms with Gasteiger partial charge in [0.1, 0.15) is 5.82 Å². The number of H-pyrrole nitrogens is 1. The van der Waals surface area contributed by atoms with Crippen molar-refractivity contribution in [2.45, 2.75) is 0 Å². The van der Waals surface area contributed by atoms with Crippen molar-refractivity contribution in [2.75, 3.05) is 5.73 Å². The first-order chi connectivity index (χ1) is 10.1. The molecule has 6 heteroatoms. The highest BCUT2D eigenvalue weighted by molar-refractivity contribution is 9.10. The van der Waals surface area contributed by atoms with Crippen LogP contribution >= 0.6 is 27.5 Å². The van der Waals surface area contributed by atoms with Crippen LogP contribution in [-0.2, 0) is 0 Å². The monoisotopic (exact) mass is 365 g/mol. The molecule has 21 heavy (non-hydrogen) atoms. The Morgan fingerprint density at radius 3 is 2.67 bits per heavy atom. The first-order valence-corrected chi connectivity index (χ1v) is 7.28. The van der Waals surface area contributed by atoms with E-state index in [2.05, 4.69) is 26.1 Å². The summed E-state index contributed by atoms with van der Waals surface area (Å²) in [6.45, 7) is 0. The van der Waals surface area contributed by atoms with E-state index in [1.165, 1.54) is 6.07 Å². The summed E-state index contributed by atoms with van der Waals surface area (Å²) in [6, 6.07) is 12.2. The molecule has 0 aliphatic heterocycles. The predicted molar refractivity (Wildman–Crippen MR) is 86.5 cm³/mol. The average molecular weight is 367 g/mol. The maximum atomic E-state index is 13.3. The van der Waals surface area contributed by atoms with E-state index in [4.69, 9.17) is 17.3 Å². The zero-order valence-electron chi connectivity index (χ0n) is 10.7. The van der Waals surface area contributed by atoms with Gasteiger partial charge in [-0.05, 0) is 35.9 Å². The lowest BCUT2D eigenvalue weighted by Crippen LogP contribution is -1.89. The molecule has 0 bridgehead atoms. The van der Waals surface area contributed by atoms with Crippen molar-refractivity contribution in [3.8, 4) is 22.4 Å². The minimum atomic E-state index is -0.461. The molecule has 1 aromatic heterocycles. The molecular formula is C15H10BrClFN3. The lowest BCUT2D eigenvalue weighted by molar-refractivity contribution is 0.628. The standard InChI is InChI=1S/C15H10BrClFN3/c16-10-3-1-2-8(6-10)13-14(20-21-15(13)19)9-4-5-12(18)11(17)7-9/h1-7H,(H3,19,20,21). The second-order valence-corrected chi connectivity index (χ2v) is 5.82. The Balaban J connectivity index is 2.19. The van der Waals surface area contributed by atoms with Crippen molar-refractivity contribution in [2.24, 2.45) is 0 Å². The highest BCUT2D eigenvalue weighted by Gasteiger charge is 2.16. The highest BCUT2D eigenvalue weighted by atomic mass is 79.9. The van der Waals surface area contributed by atoms with E-state index >= 15 is 0 Å². The molecule has 0 aliphatic rings. The van der Waals surface area contributed by atoms with Crippen molar-refractivity contribution in [1.82, 2.24) is 10.2 Å². The summed E-state index contributed by atoms with van der Waals surface area (Å²) in [5.74, 6) is -0.0829. The minimum absolute atomic E-state index is 0.0564. The summed E-state index contributed by atoms with van der Waals surface area (Å²) in [7, 11) is 0. The van der Waals surface area contributed by atoms with Gasteiger partial charge in [-0.25, -0.2) is 4.39 Å². The number of hydrogen-bond donors (Lipinski definition) is 2. The number of nitrogen functional groups attached to an aromatic ring is 1. The van der Waals surface area contributed by atoms with Crippen LogP contribution in [0.4, 0.5) is 10.2 Å². The Morgan fingerprint density at radius 1 is 1.14 bits per heavy atom. The van der Waals surface area contributed by atoms with Crippen molar-refractivity contribution >= 4 is 33.3 Å². The van der Waals surface area contributed by atoms with E-state index in [-0.39, 0.29) is 5.02 Å². The van der Waals surface area contributed by atoms with Crippen LogP contribution in [-0.4, -0.2) is 10.2 Å². The summed E-state index contributed by atoms with van der Waals surface area (Å²) in [5.41, 5.74) is 9.06. The molecule has 3 aromatic rings. The number of nitrogens with one attached hydrogen (secondary N) is 1. The van der Waals surface area contributed by atoms with E-state index < -0.39 is 5.82 Å². The Kier molecular flexibility index (Phi) is 3.69. The van der Waals surface area contributed by atoms with E-state index in [0.29, 0.717) is 11.5 Å². The molecule has 0 saturated carbocycles. The van der Waals surface area contributed by atoms with Gasteiger partial charge in [-0.3, -0.25) is 5.10 Å². The fourth-order valence-corrected chi connectivity index (χ4v) is 2.73. The first-order valence-electron chi connectivity index (χ1n) is 6.11. The Hall–Kier alpha value is -1.85. The molecule has 3 N–H and O–H groups in total. The van der Waals surface area contributed by atoms with Crippen LogP contribution < -0.4 is 5.73 Å². The summed E-state index contributed by atoms with van der Waals surface area (Å²) in [5, 5.41) is 6.99. The number of benzene rings is 2. The van der Waals surface area contributed by atoms with Crippen LogP contribution in [0.15, 0.2) is 46.9 Å². The Labute approximate surface area is 134 Å². The summed E-state index contributed by atoms with van der Waals surface area (Å²) in [4.78, 5) is 0. The average Bonchev–Trinajstić information content (AvgIpc) is 2.84. The maximum Gasteiger partial charge on any atom is 0.153 e. The van der Waals surface area contributed by atoms with Gasteiger partial charge in [-0.1, -0.05) is 39.7 Å². The fraction of sp³-hybridized carbons (Fsp3) is 0. The molecule has 0 fully saturated rings. The molecule has 2 aromatic carbocycles. The summed E-state index contributed by atoms with van der Waals surface area (Å²) >= 11 is 9.28. The van der Waals surface area contributed by atoms with Crippen LogP contribution in [0.5, 0.6) is 0 Å². The third-order valence-corrected chi connectivity index (χ3v) is 3.90. The molecule has 3 nitrogen and oxygen atoms in total. The SMILES string of the molecule is Nc1n[nH]c(-c2ccc(F)c(Cl)c2)c1-c1cccc(Br)c1. The molecule has 0 spiro atoms. The lowest BCUT2D eigenvalue weighted by atomic mass is 10.0. The molecule has 0 atom stereocenters. The summed E-state index contributed by atoms with van der Waals surface area (Å²) < 4.78 is 14.2. The first kappa shape index (κ1) is 14.1. The van der Waals surface area contributed by atoms with Crippen molar-refractivity contribution in [3.63, 3.8) is 0 Å². The number of halogens is 3. The van der Waals surface area contributed by atoms with Gasteiger partial charge < -0.3 is 5.73 Å². The molecular weight excluding hydrogens is 357 g/mol. The van der Waals surface area contributed by atoms with Crippen LogP contribution in [0.2, 0.25) is 5.02 Å². The predicted octanol–water partition coefficient (Wildman–Crippen LogP) is 4.88. The van der Waals surface area contributed by atoms with Crippen molar-refractivity contribution in [3.05, 3.63) is 57.8 Å². The number of anilines is 1. The summed E-state index contributed by atoms with van der Waals surface area (Å²) in [6.07, 6.45) is 0. The fourth-order valence-electron chi connectivity index (χ4n) is 2.15. The topological polar surface area (TPSA) is 54.7 Å². The van der Waals surface area contributed by atoms with Crippen LogP contribution in [0.1, 0.15) is 0 Å². The molecule has 0 unspecified atom stereocenters. The van der Waals surface area contributed by atoms with E-state index in [9.17, 15) is 4.39 Å². The highest BCUT2D eigenvalue weighted by Crippen LogP contribution is 2.36. The molecule has 106 valence electrons. The van der Waals surface area contributed by atoms with Crippen LogP contribution in [0.25, 0.3) is 22.4 Å². The van der Waals surface area contributed by atoms with E-state index in [0.717, 1.165) is 21.2 Å². The van der Waals surface area contributed by atoms with Gasteiger partial charge in [0, 0.05) is 10.0 Å². The van der Waals surface area contributed by atoms with E-state index in [1.807, 2.05) is 24.3 Å². The van der Waals surface area contributed by atoms with E-state index in [1.54, 1.807) is 12.1 Å². The number of aromatic amines is 1. The largest absolute Gasteiger partial charge is 0.382 e. The second-order valence-electron chi connectivity index (χ2n) is 4.50. The smallest absolute Gasteiger partial charge is 0.153 e. The van der Waals surface area contributed by atoms with Gasteiger partial charge in [0.05, 0.1) is 16.3 Å². The van der Waals surface area contributed by atoms with Gasteiger partial charge >= 0.3 is 0 Å². The molecule has 1 heterocycles. The molecule has 3 rings (SSSR count). The molecule has 0 aliphatic carbocycles. The molecule has 0 saturated heterocycles. The third-order valence-electron chi connectivity index (χ3n) is 3.12. The molecule has 0 radical (unpaired) electrons. The number of nitrogens with two attached hydrogens (primary N) is 1. The third kappa shape index (κ3) is 2.66. The Bertz CT molecular complexity index is 816. The zero-order chi connectivity index (χ0) is 15.0. The normalized spacial score (nSPS) is 10.8.